The van der Waals surface area contributed by atoms with Gasteiger partial charge < -0.3 is 20.4 Å². The highest BCUT2D eigenvalue weighted by molar-refractivity contribution is 6.01. The molecule has 6 nitrogen and oxygen atoms in total. The fraction of sp³-hybridized carbons (Fsp3) is 0.500. The molecule has 2 aliphatic carbocycles. The third kappa shape index (κ3) is 3.78. The van der Waals surface area contributed by atoms with Crippen molar-refractivity contribution < 1.29 is 5.11 Å². The van der Waals surface area contributed by atoms with Crippen LogP contribution in [0.15, 0.2) is 36.9 Å². The Kier molecular flexibility index (Phi) is 5.77. The van der Waals surface area contributed by atoms with Gasteiger partial charge in [-0.2, -0.15) is 0 Å². The maximum atomic E-state index is 9.86. The SMILES string of the molecule is Nc1c(C2CCCC[C@H](CO)C2)cc(-c2ccc3c(c2)ncn3C2CCCCC2)c2nc[nH]c12. The van der Waals surface area contributed by atoms with E-state index in [1.165, 1.54) is 56.0 Å². The number of aromatic amines is 1. The van der Waals surface area contributed by atoms with Gasteiger partial charge in [-0.3, -0.25) is 0 Å². The molecule has 0 saturated heterocycles. The quantitative estimate of drug-likeness (QED) is 0.247. The molecule has 0 radical (unpaired) electrons. The molecule has 2 atom stereocenters. The first kappa shape index (κ1) is 21.7. The number of nitrogens with two attached hydrogens (primary N) is 1. The van der Waals surface area contributed by atoms with Gasteiger partial charge in [0.1, 0.15) is 0 Å². The van der Waals surface area contributed by atoms with Gasteiger partial charge in [0.15, 0.2) is 0 Å². The Morgan fingerprint density at radius 3 is 2.68 bits per heavy atom. The van der Waals surface area contributed by atoms with Crippen molar-refractivity contribution >= 4 is 27.8 Å². The van der Waals surface area contributed by atoms with E-state index in [-0.39, 0.29) is 6.61 Å². The van der Waals surface area contributed by atoms with Gasteiger partial charge in [-0.05, 0) is 73.3 Å². The van der Waals surface area contributed by atoms with Crippen molar-refractivity contribution in [3.63, 3.8) is 0 Å². The summed E-state index contributed by atoms with van der Waals surface area (Å²) in [5.74, 6) is 0.716. The summed E-state index contributed by atoms with van der Waals surface area (Å²) in [7, 11) is 0. The van der Waals surface area contributed by atoms with Gasteiger partial charge >= 0.3 is 0 Å². The molecule has 2 heterocycles. The number of anilines is 1. The number of aliphatic hydroxyl groups excluding tert-OH is 1. The Morgan fingerprint density at radius 2 is 1.82 bits per heavy atom. The number of nitrogen functional groups attached to an aromatic ring is 1. The van der Waals surface area contributed by atoms with Gasteiger partial charge in [0.25, 0.3) is 0 Å². The molecule has 2 saturated carbocycles. The van der Waals surface area contributed by atoms with Crippen molar-refractivity contribution in [1.82, 2.24) is 19.5 Å². The third-order valence-electron chi connectivity index (χ3n) is 8.36. The zero-order valence-corrected chi connectivity index (χ0v) is 19.8. The zero-order chi connectivity index (χ0) is 23.1. The maximum Gasteiger partial charge on any atom is 0.0982 e. The first-order valence-electron chi connectivity index (χ1n) is 13.1. The molecular weight excluding hydrogens is 422 g/mol. The molecule has 0 bridgehead atoms. The summed E-state index contributed by atoms with van der Waals surface area (Å²) in [6.45, 7) is 0.260. The van der Waals surface area contributed by atoms with Crippen molar-refractivity contribution in [3.8, 4) is 11.1 Å². The van der Waals surface area contributed by atoms with Gasteiger partial charge in [0, 0.05) is 18.2 Å². The Morgan fingerprint density at radius 1 is 1.00 bits per heavy atom. The molecule has 2 fully saturated rings. The van der Waals surface area contributed by atoms with Crippen LogP contribution in [0, 0.1) is 5.92 Å². The largest absolute Gasteiger partial charge is 0.397 e. The van der Waals surface area contributed by atoms with E-state index >= 15 is 0 Å². The number of imidazole rings is 2. The number of nitrogens with one attached hydrogen (secondary N) is 1. The smallest absolute Gasteiger partial charge is 0.0982 e. The second-order valence-corrected chi connectivity index (χ2v) is 10.5. The number of nitrogens with zero attached hydrogens (tertiary/aromatic N) is 3. The van der Waals surface area contributed by atoms with Crippen LogP contribution in [-0.4, -0.2) is 31.2 Å². The number of aliphatic hydroxyl groups is 1. The minimum Gasteiger partial charge on any atom is -0.397 e. The first-order chi connectivity index (χ1) is 16.7. The fourth-order valence-electron chi connectivity index (χ4n) is 6.47. The molecule has 2 aromatic heterocycles. The molecular formula is C28H35N5O. The molecule has 34 heavy (non-hydrogen) atoms. The third-order valence-corrected chi connectivity index (χ3v) is 8.36. The van der Waals surface area contributed by atoms with E-state index in [1.54, 1.807) is 6.33 Å². The van der Waals surface area contributed by atoms with Gasteiger partial charge in [-0.15, -0.1) is 0 Å². The van der Waals surface area contributed by atoms with E-state index in [1.807, 2.05) is 6.33 Å². The van der Waals surface area contributed by atoms with E-state index in [0.29, 0.717) is 17.9 Å². The topological polar surface area (TPSA) is 92.8 Å². The summed E-state index contributed by atoms with van der Waals surface area (Å²) in [6.07, 6.45) is 15.8. The lowest BCUT2D eigenvalue weighted by atomic mass is 9.85. The molecule has 1 unspecified atom stereocenters. The summed E-state index contributed by atoms with van der Waals surface area (Å²) >= 11 is 0. The van der Waals surface area contributed by atoms with Gasteiger partial charge in [-0.25, -0.2) is 9.97 Å². The standard InChI is InChI=1S/C28H35N5O/c29-26-22(19-7-5-4-6-18(12-19)15-34)14-23(27-28(26)31-16-30-27)20-10-11-25-24(13-20)32-17-33(25)21-8-2-1-3-9-21/h10-11,13-14,16-19,21,34H,1-9,12,15,29H2,(H,30,31)/t18-,19?/m0/s1. The normalized spacial score (nSPS) is 22.4. The lowest BCUT2D eigenvalue weighted by Crippen LogP contribution is -2.11. The molecule has 6 heteroatoms. The van der Waals surface area contributed by atoms with Crippen molar-refractivity contribution in [2.24, 2.45) is 5.92 Å². The predicted molar refractivity (Wildman–Crippen MR) is 138 cm³/mol. The van der Waals surface area contributed by atoms with Crippen LogP contribution >= 0.6 is 0 Å². The average molecular weight is 458 g/mol. The van der Waals surface area contributed by atoms with Crippen LogP contribution in [0.5, 0.6) is 0 Å². The monoisotopic (exact) mass is 457 g/mol. The second kappa shape index (κ2) is 9.06. The molecule has 0 aliphatic heterocycles. The van der Waals surface area contributed by atoms with Crippen molar-refractivity contribution in [1.29, 1.82) is 0 Å². The lowest BCUT2D eigenvalue weighted by molar-refractivity contribution is 0.208. The number of H-pyrrole nitrogens is 1. The molecule has 0 amide bonds. The van der Waals surface area contributed by atoms with E-state index in [4.69, 9.17) is 10.7 Å². The second-order valence-electron chi connectivity index (χ2n) is 10.5. The van der Waals surface area contributed by atoms with Crippen LogP contribution in [0.2, 0.25) is 0 Å². The minimum absolute atomic E-state index is 0.260. The van der Waals surface area contributed by atoms with Crippen LogP contribution in [-0.2, 0) is 0 Å². The molecule has 4 aromatic rings. The number of benzene rings is 2. The highest BCUT2D eigenvalue weighted by atomic mass is 16.3. The van der Waals surface area contributed by atoms with Crippen molar-refractivity contribution in [2.75, 3.05) is 12.3 Å². The number of rotatable bonds is 4. The molecule has 178 valence electrons. The van der Waals surface area contributed by atoms with Crippen LogP contribution in [0.4, 0.5) is 5.69 Å². The molecule has 4 N–H and O–H groups in total. The van der Waals surface area contributed by atoms with Crippen LogP contribution in [0.25, 0.3) is 33.2 Å². The van der Waals surface area contributed by atoms with Gasteiger partial charge in [0.05, 0.1) is 40.4 Å². The highest BCUT2D eigenvalue weighted by Crippen LogP contribution is 2.42. The summed E-state index contributed by atoms with van der Waals surface area (Å²) in [5, 5.41) is 9.86. The Balaban J connectivity index is 1.43. The first-order valence-corrected chi connectivity index (χ1v) is 13.1. The Bertz CT molecular complexity index is 1300. The van der Waals surface area contributed by atoms with E-state index in [2.05, 4.69) is 38.8 Å². The average Bonchev–Trinajstić information content (AvgIpc) is 3.47. The summed E-state index contributed by atoms with van der Waals surface area (Å²) in [5.41, 5.74) is 15.1. The summed E-state index contributed by atoms with van der Waals surface area (Å²) < 4.78 is 2.39. The fourth-order valence-corrected chi connectivity index (χ4v) is 6.47. The van der Waals surface area contributed by atoms with Gasteiger partial charge in [0.2, 0.25) is 0 Å². The predicted octanol–water partition coefficient (Wildman–Crippen LogP) is 6.32. The number of hydrogen-bond donors (Lipinski definition) is 3. The Hall–Kier alpha value is -2.86. The van der Waals surface area contributed by atoms with Crippen LogP contribution in [0.3, 0.4) is 0 Å². The lowest BCUT2D eigenvalue weighted by Gasteiger charge is -2.23. The summed E-state index contributed by atoms with van der Waals surface area (Å²) in [6, 6.07) is 9.50. The number of fused-ring (bicyclic) bond motifs is 2. The van der Waals surface area contributed by atoms with Crippen molar-refractivity contribution in [2.45, 2.75) is 76.2 Å². The molecule has 2 aromatic carbocycles. The Labute approximate surface area is 200 Å². The number of hydrogen-bond acceptors (Lipinski definition) is 4. The summed E-state index contributed by atoms with van der Waals surface area (Å²) in [4.78, 5) is 12.7. The van der Waals surface area contributed by atoms with Crippen LogP contribution in [0.1, 0.15) is 81.7 Å². The van der Waals surface area contributed by atoms with Crippen LogP contribution < -0.4 is 5.73 Å². The van der Waals surface area contributed by atoms with E-state index in [9.17, 15) is 5.11 Å². The maximum absolute atomic E-state index is 9.86. The number of aromatic nitrogens is 4. The van der Waals surface area contributed by atoms with Gasteiger partial charge in [-0.1, -0.05) is 38.2 Å². The van der Waals surface area contributed by atoms with E-state index < -0.39 is 0 Å². The molecule has 6 rings (SSSR count). The van der Waals surface area contributed by atoms with E-state index in [0.717, 1.165) is 52.6 Å². The highest BCUT2D eigenvalue weighted by Gasteiger charge is 2.25. The zero-order valence-electron chi connectivity index (χ0n) is 19.8. The molecule has 2 aliphatic rings. The minimum atomic E-state index is 0.260. The van der Waals surface area contributed by atoms with Crippen molar-refractivity contribution in [3.05, 3.63) is 42.5 Å². The molecule has 0 spiro atoms.